The Balaban J connectivity index is 2.34. The standard InChI is InChI=1S/C15H13FO3/c1-19-15(18)14(17)12-4-2-3-11(9-12)10-5-7-13(16)8-6-10/h2-9,14,17H,1H3. The molecule has 0 saturated heterocycles. The van der Waals surface area contributed by atoms with E-state index in [1.807, 2.05) is 6.07 Å². The molecule has 0 aliphatic carbocycles. The van der Waals surface area contributed by atoms with Crippen molar-refractivity contribution in [3.63, 3.8) is 0 Å². The molecule has 4 heteroatoms. The molecular weight excluding hydrogens is 247 g/mol. The lowest BCUT2D eigenvalue weighted by molar-refractivity contribution is -0.150. The molecule has 2 rings (SSSR count). The smallest absolute Gasteiger partial charge is 0.339 e. The summed E-state index contributed by atoms with van der Waals surface area (Å²) < 4.78 is 17.3. The SMILES string of the molecule is COC(=O)C(O)c1cccc(-c2ccc(F)cc2)c1. The van der Waals surface area contributed by atoms with Gasteiger partial charge in [-0.05, 0) is 34.9 Å². The van der Waals surface area contributed by atoms with Gasteiger partial charge in [0, 0.05) is 0 Å². The molecule has 0 amide bonds. The Hall–Kier alpha value is -2.20. The maximum absolute atomic E-state index is 12.9. The van der Waals surface area contributed by atoms with E-state index in [2.05, 4.69) is 4.74 Å². The normalized spacial score (nSPS) is 11.9. The molecular formula is C15H13FO3. The summed E-state index contributed by atoms with van der Waals surface area (Å²) in [4.78, 5) is 11.3. The first-order chi connectivity index (χ1) is 9.11. The summed E-state index contributed by atoms with van der Waals surface area (Å²) >= 11 is 0. The molecule has 0 bridgehead atoms. The van der Waals surface area contributed by atoms with Gasteiger partial charge in [-0.1, -0.05) is 30.3 Å². The number of carbonyl (C=O) groups is 1. The number of hydrogen-bond acceptors (Lipinski definition) is 3. The van der Waals surface area contributed by atoms with Crippen LogP contribution in [0.15, 0.2) is 48.5 Å². The maximum Gasteiger partial charge on any atom is 0.339 e. The molecule has 19 heavy (non-hydrogen) atoms. The summed E-state index contributed by atoms with van der Waals surface area (Å²) in [6.07, 6.45) is -1.31. The quantitative estimate of drug-likeness (QED) is 0.863. The van der Waals surface area contributed by atoms with Crippen LogP contribution in [-0.2, 0) is 9.53 Å². The predicted molar refractivity (Wildman–Crippen MR) is 68.8 cm³/mol. The van der Waals surface area contributed by atoms with Gasteiger partial charge in [0.25, 0.3) is 0 Å². The second-order valence-electron chi connectivity index (χ2n) is 4.06. The van der Waals surface area contributed by atoms with Gasteiger partial charge in [-0.3, -0.25) is 0 Å². The fourth-order valence-electron chi connectivity index (χ4n) is 1.78. The number of benzene rings is 2. The monoisotopic (exact) mass is 260 g/mol. The molecule has 3 nitrogen and oxygen atoms in total. The Bertz CT molecular complexity index is 578. The zero-order valence-electron chi connectivity index (χ0n) is 10.3. The van der Waals surface area contributed by atoms with E-state index < -0.39 is 12.1 Å². The average Bonchev–Trinajstić information content (AvgIpc) is 2.46. The molecule has 1 unspecified atom stereocenters. The van der Waals surface area contributed by atoms with Gasteiger partial charge in [-0.2, -0.15) is 0 Å². The number of esters is 1. The average molecular weight is 260 g/mol. The minimum atomic E-state index is -1.31. The summed E-state index contributed by atoms with van der Waals surface area (Å²) in [5.41, 5.74) is 2.04. The summed E-state index contributed by atoms with van der Waals surface area (Å²) in [6, 6.07) is 12.8. The second kappa shape index (κ2) is 5.63. The van der Waals surface area contributed by atoms with Crippen LogP contribution in [0.2, 0.25) is 0 Å². The Morgan fingerprint density at radius 2 is 1.84 bits per heavy atom. The van der Waals surface area contributed by atoms with E-state index in [1.165, 1.54) is 19.2 Å². The third kappa shape index (κ3) is 2.98. The third-order valence-corrected chi connectivity index (χ3v) is 2.80. The highest BCUT2D eigenvalue weighted by Gasteiger charge is 2.17. The Labute approximate surface area is 110 Å². The molecule has 0 aliphatic rings. The molecule has 0 radical (unpaired) electrons. The van der Waals surface area contributed by atoms with E-state index in [-0.39, 0.29) is 5.82 Å². The fourth-order valence-corrected chi connectivity index (χ4v) is 1.78. The van der Waals surface area contributed by atoms with Crippen molar-refractivity contribution in [3.8, 4) is 11.1 Å². The number of carbonyl (C=O) groups excluding carboxylic acids is 1. The number of rotatable bonds is 3. The number of aliphatic hydroxyl groups excluding tert-OH is 1. The van der Waals surface area contributed by atoms with E-state index in [1.54, 1.807) is 30.3 Å². The summed E-state index contributed by atoms with van der Waals surface area (Å²) in [7, 11) is 1.22. The summed E-state index contributed by atoms with van der Waals surface area (Å²) in [5, 5.41) is 9.77. The Kier molecular flexibility index (Phi) is 3.92. The van der Waals surface area contributed by atoms with Crippen molar-refractivity contribution in [2.45, 2.75) is 6.10 Å². The van der Waals surface area contributed by atoms with Gasteiger partial charge in [0.2, 0.25) is 0 Å². The van der Waals surface area contributed by atoms with Crippen LogP contribution >= 0.6 is 0 Å². The van der Waals surface area contributed by atoms with Crippen LogP contribution in [0.25, 0.3) is 11.1 Å². The van der Waals surface area contributed by atoms with Crippen molar-refractivity contribution in [3.05, 3.63) is 59.9 Å². The van der Waals surface area contributed by atoms with E-state index in [4.69, 9.17) is 0 Å². The molecule has 2 aromatic rings. The number of ether oxygens (including phenoxy) is 1. The number of aliphatic hydroxyl groups is 1. The topological polar surface area (TPSA) is 46.5 Å². The number of halogens is 1. The third-order valence-electron chi connectivity index (χ3n) is 2.80. The molecule has 0 saturated carbocycles. The van der Waals surface area contributed by atoms with E-state index in [0.29, 0.717) is 5.56 Å². The van der Waals surface area contributed by atoms with Crippen molar-refractivity contribution >= 4 is 5.97 Å². The fraction of sp³-hybridized carbons (Fsp3) is 0.133. The molecule has 0 fully saturated rings. The largest absolute Gasteiger partial charge is 0.467 e. The van der Waals surface area contributed by atoms with Crippen molar-refractivity contribution < 1.29 is 19.0 Å². The molecule has 1 atom stereocenters. The molecule has 0 aliphatic heterocycles. The molecule has 98 valence electrons. The van der Waals surface area contributed by atoms with E-state index in [9.17, 15) is 14.3 Å². The van der Waals surface area contributed by atoms with Gasteiger partial charge in [0.15, 0.2) is 6.10 Å². The highest BCUT2D eigenvalue weighted by molar-refractivity contribution is 5.77. The van der Waals surface area contributed by atoms with Gasteiger partial charge in [0.05, 0.1) is 7.11 Å². The molecule has 2 aromatic carbocycles. The number of hydrogen-bond donors (Lipinski definition) is 1. The van der Waals surface area contributed by atoms with Crippen LogP contribution in [0.3, 0.4) is 0 Å². The Morgan fingerprint density at radius 1 is 1.16 bits per heavy atom. The first kappa shape index (κ1) is 13.2. The van der Waals surface area contributed by atoms with Gasteiger partial charge < -0.3 is 9.84 Å². The van der Waals surface area contributed by atoms with Crippen molar-refractivity contribution in [2.75, 3.05) is 7.11 Å². The lowest BCUT2D eigenvalue weighted by Crippen LogP contribution is -2.13. The van der Waals surface area contributed by atoms with Gasteiger partial charge >= 0.3 is 5.97 Å². The van der Waals surface area contributed by atoms with Gasteiger partial charge in [-0.25, -0.2) is 9.18 Å². The van der Waals surface area contributed by atoms with Crippen LogP contribution < -0.4 is 0 Å². The van der Waals surface area contributed by atoms with Crippen molar-refractivity contribution in [1.82, 2.24) is 0 Å². The summed E-state index contributed by atoms with van der Waals surface area (Å²) in [5.74, 6) is -1.02. The highest BCUT2D eigenvalue weighted by atomic mass is 19.1. The van der Waals surface area contributed by atoms with Gasteiger partial charge in [-0.15, -0.1) is 0 Å². The second-order valence-corrected chi connectivity index (χ2v) is 4.06. The van der Waals surface area contributed by atoms with Crippen LogP contribution in [-0.4, -0.2) is 18.2 Å². The zero-order valence-corrected chi connectivity index (χ0v) is 10.3. The van der Waals surface area contributed by atoms with Crippen molar-refractivity contribution in [2.24, 2.45) is 0 Å². The minimum Gasteiger partial charge on any atom is -0.467 e. The Morgan fingerprint density at radius 3 is 2.47 bits per heavy atom. The van der Waals surface area contributed by atoms with E-state index in [0.717, 1.165) is 11.1 Å². The van der Waals surface area contributed by atoms with Gasteiger partial charge in [0.1, 0.15) is 5.82 Å². The molecule has 0 aromatic heterocycles. The number of methoxy groups -OCH3 is 1. The predicted octanol–water partition coefficient (Wildman–Crippen LogP) is 2.70. The minimum absolute atomic E-state index is 0.311. The van der Waals surface area contributed by atoms with Crippen LogP contribution in [0.1, 0.15) is 11.7 Å². The molecule has 0 heterocycles. The van der Waals surface area contributed by atoms with Crippen LogP contribution in [0, 0.1) is 5.82 Å². The zero-order chi connectivity index (χ0) is 13.8. The molecule has 0 spiro atoms. The molecule has 1 N–H and O–H groups in total. The van der Waals surface area contributed by atoms with Crippen LogP contribution in [0.4, 0.5) is 4.39 Å². The summed E-state index contributed by atoms with van der Waals surface area (Å²) in [6.45, 7) is 0. The first-order valence-electron chi connectivity index (χ1n) is 5.73. The highest BCUT2D eigenvalue weighted by Crippen LogP contribution is 2.24. The van der Waals surface area contributed by atoms with Crippen LogP contribution in [0.5, 0.6) is 0 Å². The van der Waals surface area contributed by atoms with E-state index >= 15 is 0 Å². The lowest BCUT2D eigenvalue weighted by atomic mass is 10.0. The first-order valence-corrected chi connectivity index (χ1v) is 5.73. The van der Waals surface area contributed by atoms with Crippen molar-refractivity contribution in [1.29, 1.82) is 0 Å². The lowest BCUT2D eigenvalue weighted by Gasteiger charge is -2.10. The maximum atomic E-state index is 12.9.